The number of fused-ring (bicyclic) bond motifs is 1. The fourth-order valence-electron chi connectivity index (χ4n) is 2.81. The SMILES string of the molecule is CCOc1ccc(N(C(=O)O)c2c(CCCO)c(Cl)nc3ccnn23)cc1. The summed E-state index contributed by atoms with van der Waals surface area (Å²) in [5, 5.41) is 23.5. The highest BCUT2D eigenvalue weighted by Gasteiger charge is 2.26. The second-order valence-electron chi connectivity index (χ2n) is 5.68. The fourth-order valence-corrected chi connectivity index (χ4v) is 3.08. The summed E-state index contributed by atoms with van der Waals surface area (Å²) < 4.78 is 6.85. The molecule has 0 aliphatic carbocycles. The monoisotopic (exact) mass is 390 g/mol. The number of aromatic nitrogens is 3. The summed E-state index contributed by atoms with van der Waals surface area (Å²) in [5.74, 6) is 0.921. The molecule has 1 aromatic carbocycles. The number of hydrogen-bond acceptors (Lipinski definition) is 5. The number of hydrogen-bond donors (Lipinski definition) is 2. The number of aliphatic hydroxyl groups excluding tert-OH is 1. The molecule has 0 bridgehead atoms. The zero-order valence-corrected chi connectivity index (χ0v) is 15.4. The van der Waals surface area contributed by atoms with E-state index in [1.807, 2.05) is 6.92 Å². The lowest BCUT2D eigenvalue weighted by atomic mass is 10.1. The van der Waals surface area contributed by atoms with E-state index in [2.05, 4.69) is 10.1 Å². The summed E-state index contributed by atoms with van der Waals surface area (Å²) in [7, 11) is 0. The van der Waals surface area contributed by atoms with Gasteiger partial charge in [0.05, 0.1) is 18.5 Å². The molecule has 142 valence electrons. The van der Waals surface area contributed by atoms with Crippen molar-refractivity contribution < 1.29 is 19.7 Å². The van der Waals surface area contributed by atoms with Gasteiger partial charge in [-0.05, 0) is 44.0 Å². The maximum absolute atomic E-state index is 12.2. The molecule has 3 aromatic rings. The zero-order chi connectivity index (χ0) is 19.4. The Labute approximate surface area is 160 Å². The second kappa shape index (κ2) is 8.24. The minimum Gasteiger partial charge on any atom is -0.494 e. The average molecular weight is 391 g/mol. The maximum atomic E-state index is 12.2. The quantitative estimate of drug-likeness (QED) is 0.598. The van der Waals surface area contributed by atoms with Crippen LogP contribution in [0.1, 0.15) is 18.9 Å². The molecule has 0 spiro atoms. The van der Waals surface area contributed by atoms with Gasteiger partial charge in [-0.3, -0.25) is 0 Å². The van der Waals surface area contributed by atoms with Gasteiger partial charge in [0, 0.05) is 18.2 Å². The van der Waals surface area contributed by atoms with E-state index in [1.165, 1.54) is 10.7 Å². The number of amides is 1. The number of benzene rings is 1. The lowest BCUT2D eigenvalue weighted by Gasteiger charge is -2.23. The highest BCUT2D eigenvalue weighted by Crippen LogP contribution is 2.34. The van der Waals surface area contributed by atoms with E-state index in [0.717, 1.165) is 4.90 Å². The molecule has 0 unspecified atom stereocenters. The molecular formula is C18H19ClN4O4. The van der Waals surface area contributed by atoms with E-state index >= 15 is 0 Å². The van der Waals surface area contributed by atoms with Gasteiger partial charge in [0.25, 0.3) is 0 Å². The Morgan fingerprint density at radius 1 is 1.30 bits per heavy atom. The Balaban J connectivity index is 2.18. The van der Waals surface area contributed by atoms with Gasteiger partial charge in [0.1, 0.15) is 10.9 Å². The molecule has 2 N–H and O–H groups in total. The predicted molar refractivity (Wildman–Crippen MR) is 101 cm³/mol. The van der Waals surface area contributed by atoms with Crippen molar-refractivity contribution >= 4 is 34.8 Å². The standard InChI is InChI=1S/C18H19ClN4O4/c1-2-27-13-7-5-12(6-8-13)22(18(25)26)17-14(4-3-11-24)16(19)21-15-9-10-20-23(15)17/h5-10,24H,2-4,11H2,1H3,(H,25,26). The first kappa shape index (κ1) is 18.9. The lowest BCUT2D eigenvalue weighted by Crippen LogP contribution is -2.28. The number of aliphatic hydroxyl groups is 1. The molecule has 0 radical (unpaired) electrons. The van der Waals surface area contributed by atoms with Crippen LogP contribution in [0, 0.1) is 0 Å². The average Bonchev–Trinajstić information content (AvgIpc) is 3.10. The first-order valence-corrected chi connectivity index (χ1v) is 8.83. The third kappa shape index (κ3) is 3.81. The van der Waals surface area contributed by atoms with Crippen LogP contribution in [0.4, 0.5) is 16.3 Å². The molecule has 0 atom stereocenters. The third-order valence-electron chi connectivity index (χ3n) is 3.95. The molecular weight excluding hydrogens is 372 g/mol. The molecule has 0 aliphatic heterocycles. The van der Waals surface area contributed by atoms with Gasteiger partial charge in [0.15, 0.2) is 11.5 Å². The summed E-state index contributed by atoms with van der Waals surface area (Å²) in [6.07, 6.45) is 1.10. The van der Waals surface area contributed by atoms with E-state index in [-0.39, 0.29) is 17.6 Å². The number of halogens is 1. The Hall–Kier alpha value is -2.84. The molecule has 2 heterocycles. The molecule has 3 rings (SSSR count). The van der Waals surface area contributed by atoms with Gasteiger partial charge in [0.2, 0.25) is 0 Å². The van der Waals surface area contributed by atoms with Crippen molar-refractivity contribution in [1.29, 1.82) is 0 Å². The molecule has 0 fully saturated rings. The molecule has 0 saturated heterocycles. The minimum absolute atomic E-state index is 0.0525. The lowest BCUT2D eigenvalue weighted by molar-refractivity contribution is 0.204. The third-order valence-corrected chi connectivity index (χ3v) is 4.26. The molecule has 2 aromatic heterocycles. The van der Waals surface area contributed by atoms with Crippen molar-refractivity contribution in [2.75, 3.05) is 18.1 Å². The van der Waals surface area contributed by atoms with Gasteiger partial charge in [-0.25, -0.2) is 14.7 Å². The van der Waals surface area contributed by atoms with Crippen LogP contribution in [0.25, 0.3) is 5.65 Å². The number of ether oxygens (including phenoxy) is 1. The summed E-state index contributed by atoms with van der Waals surface area (Å²) >= 11 is 6.33. The van der Waals surface area contributed by atoms with Crippen molar-refractivity contribution in [2.45, 2.75) is 19.8 Å². The van der Waals surface area contributed by atoms with Crippen LogP contribution in [-0.4, -0.2) is 44.1 Å². The van der Waals surface area contributed by atoms with E-state index < -0.39 is 6.09 Å². The van der Waals surface area contributed by atoms with Crippen LogP contribution in [0.5, 0.6) is 5.75 Å². The Morgan fingerprint density at radius 3 is 2.67 bits per heavy atom. The largest absolute Gasteiger partial charge is 0.494 e. The first-order chi connectivity index (χ1) is 13.1. The van der Waals surface area contributed by atoms with Crippen LogP contribution in [0.2, 0.25) is 5.15 Å². The smallest absolute Gasteiger partial charge is 0.417 e. The summed E-state index contributed by atoms with van der Waals surface area (Å²) in [4.78, 5) is 17.5. The van der Waals surface area contributed by atoms with Gasteiger partial charge >= 0.3 is 6.09 Å². The van der Waals surface area contributed by atoms with Crippen molar-refractivity contribution in [2.24, 2.45) is 0 Å². The molecule has 0 saturated carbocycles. The van der Waals surface area contributed by atoms with E-state index in [4.69, 9.17) is 16.3 Å². The van der Waals surface area contributed by atoms with Crippen molar-refractivity contribution in [1.82, 2.24) is 14.6 Å². The van der Waals surface area contributed by atoms with Gasteiger partial charge in [-0.1, -0.05) is 11.6 Å². The number of rotatable bonds is 7. The van der Waals surface area contributed by atoms with Crippen molar-refractivity contribution in [3.8, 4) is 5.75 Å². The van der Waals surface area contributed by atoms with E-state index in [1.54, 1.807) is 30.3 Å². The minimum atomic E-state index is -1.19. The molecule has 9 heteroatoms. The van der Waals surface area contributed by atoms with E-state index in [0.29, 0.717) is 42.1 Å². The number of anilines is 2. The summed E-state index contributed by atoms with van der Waals surface area (Å²) in [6.45, 7) is 2.34. The summed E-state index contributed by atoms with van der Waals surface area (Å²) in [6, 6.07) is 8.34. The number of carbonyl (C=O) groups is 1. The molecule has 1 amide bonds. The number of nitrogens with zero attached hydrogens (tertiary/aromatic N) is 4. The fraction of sp³-hybridized carbons (Fsp3) is 0.278. The number of carboxylic acid groups (broad SMARTS) is 1. The van der Waals surface area contributed by atoms with Gasteiger partial charge in [-0.2, -0.15) is 9.61 Å². The highest BCUT2D eigenvalue weighted by molar-refractivity contribution is 6.30. The second-order valence-corrected chi connectivity index (χ2v) is 6.04. The highest BCUT2D eigenvalue weighted by atomic mass is 35.5. The summed E-state index contributed by atoms with van der Waals surface area (Å²) in [5.41, 5.74) is 1.34. The van der Waals surface area contributed by atoms with Crippen LogP contribution in [0.15, 0.2) is 36.5 Å². The first-order valence-electron chi connectivity index (χ1n) is 8.45. The Bertz CT molecular complexity index is 942. The Morgan fingerprint density at radius 2 is 2.04 bits per heavy atom. The van der Waals surface area contributed by atoms with Crippen LogP contribution in [-0.2, 0) is 6.42 Å². The Kier molecular flexibility index (Phi) is 5.78. The molecule has 8 nitrogen and oxygen atoms in total. The maximum Gasteiger partial charge on any atom is 0.417 e. The molecule has 0 aliphatic rings. The van der Waals surface area contributed by atoms with Gasteiger partial charge in [-0.15, -0.1) is 0 Å². The van der Waals surface area contributed by atoms with E-state index in [9.17, 15) is 15.0 Å². The van der Waals surface area contributed by atoms with Crippen molar-refractivity contribution in [3.63, 3.8) is 0 Å². The molecule has 27 heavy (non-hydrogen) atoms. The van der Waals surface area contributed by atoms with Crippen molar-refractivity contribution in [3.05, 3.63) is 47.2 Å². The van der Waals surface area contributed by atoms with Crippen LogP contribution in [0.3, 0.4) is 0 Å². The normalized spacial score (nSPS) is 10.9. The van der Waals surface area contributed by atoms with Crippen LogP contribution < -0.4 is 9.64 Å². The predicted octanol–water partition coefficient (Wildman–Crippen LogP) is 3.52. The van der Waals surface area contributed by atoms with Gasteiger partial charge < -0.3 is 14.9 Å². The van der Waals surface area contributed by atoms with Crippen LogP contribution >= 0.6 is 11.6 Å². The topological polar surface area (TPSA) is 100 Å². The zero-order valence-electron chi connectivity index (χ0n) is 14.7.